The number of nitrogens with one attached hydrogen (secondary N) is 1. The minimum atomic E-state index is -3.47. The largest absolute Gasteiger partial charge is 0.335 e. The van der Waals surface area contributed by atoms with Crippen molar-refractivity contribution >= 4 is 16.1 Å². The third-order valence-electron chi connectivity index (χ3n) is 4.99. The van der Waals surface area contributed by atoms with E-state index in [1.54, 1.807) is 4.31 Å². The van der Waals surface area contributed by atoms with E-state index in [-0.39, 0.29) is 18.4 Å². The molecule has 0 aliphatic carbocycles. The lowest BCUT2D eigenvalue weighted by Gasteiger charge is -2.29. The molecule has 0 spiro atoms. The van der Waals surface area contributed by atoms with Crippen LogP contribution in [0, 0.1) is 5.92 Å². The van der Waals surface area contributed by atoms with Gasteiger partial charge in [-0.1, -0.05) is 26.7 Å². The zero-order valence-corrected chi connectivity index (χ0v) is 16.5. The molecule has 1 amide bonds. The number of carbonyl (C=O) groups is 1. The average Bonchev–Trinajstić information content (AvgIpc) is 2.81. The Morgan fingerprint density at radius 3 is 2.50 bits per heavy atom. The van der Waals surface area contributed by atoms with E-state index < -0.39 is 10.2 Å². The van der Waals surface area contributed by atoms with Crippen LogP contribution in [0.25, 0.3) is 0 Å². The number of nitrogens with zero attached hydrogens (tertiary/aromatic N) is 4. The minimum Gasteiger partial charge on any atom is -0.335 e. The summed E-state index contributed by atoms with van der Waals surface area (Å²) in [6.45, 7) is 6.97. The minimum absolute atomic E-state index is 0.0237. The Morgan fingerprint density at radius 1 is 1.15 bits per heavy atom. The Labute approximate surface area is 155 Å². The van der Waals surface area contributed by atoms with Crippen molar-refractivity contribution in [3.8, 4) is 0 Å². The fourth-order valence-corrected chi connectivity index (χ4v) is 4.76. The highest BCUT2D eigenvalue weighted by Gasteiger charge is 2.25. The Balaban J connectivity index is 1.61. The van der Waals surface area contributed by atoms with E-state index in [1.807, 2.05) is 29.5 Å². The Hall–Kier alpha value is -1.45. The summed E-state index contributed by atoms with van der Waals surface area (Å²) < 4.78 is 31.1. The van der Waals surface area contributed by atoms with Gasteiger partial charge in [0.25, 0.3) is 10.2 Å². The van der Waals surface area contributed by atoms with Crippen LogP contribution in [-0.4, -0.2) is 52.9 Å². The molecule has 0 bridgehead atoms. The monoisotopic (exact) mass is 383 g/mol. The van der Waals surface area contributed by atoms with Gasteiger partial charge in [-0.2, -0.15) is 22.5 Å². The van der Waals surface area contributed by atoms with Crippen molar-refractivity contribution in [1.29, 1.82) is 0 Å². The fourth-order valence-electron chi connectivity index (χ4n) is 3.50. The molecule has 0 saturated carbocycles. The van der Waals surface area contributed by atoms with Crippen LogP contribution in [0.4, 0.5) is 0 Å². The number of carbonyl (C=O) groups excluding carboxylic acids is 1. The van der Waals surface area contributed by atoms with Gasteiger partial charge in [0.05, 0.1) is 31.0 Å². The number of hydrogen-bond donors (Lipinski definition) is 1. The molecule has 9 heteroatoms. The normalized spacial score (nSPS) is 19.4. The SMILES string of the molecule is CC(C)C(=O)N1CCn2nc(CNS(=O)(=O)N3CCCCCC3)cc2C1. The van der Waals surface area contributed by atoms with Crippen molar-refractivity contribution in [1.82, 2.24) is 23.7 Å². The molecule has 1 saturated heterocycles. The van der Waals surface area contributed by atoms with Crippen LogP contribution in [0.5, 0.6) is 0 Å². The second kappa shape index (κ2) is 8.06. The predicted octanol–water partition coefficient (Wildman–Crippen LogP) is 1.09. The summed E-state index contributed by atoms with van der Waals surface area (Å²) in [4.78, 5) is 14.0. The Morgan fingerprint density at radius 2 is 1.85 bits per heavy atom. The van der Waals surface area contributed by atoms with Crippen LogP contribution in [0.15, 0.2) is 6.07 Å². The van der Waals surface area contributed by atoms with E-state index in [0.29, 0.717) is 38.4 Å². The van der Waals surface area contributed by atoms with E-state index in [0.717, 1.165) is 31.4 Å². The van der Waals surface area contributed by atoms with Gasteiger partial charge < -0.3 is 4.90 Å². The fraction of sp³-hybridized carbons (Fsp3) is 0.765. The molecule has 0 aromatic carbocycles. The lowest BCUT2D eigenvalue weighted by molar-refractivity contribution is -0.136. The van der Waals surface area contributed by atoms with Gasteiger partial charge in [-0.05, 0) is 18.9 Å². The molecule has 0 radical (unpaired) electrons. The molecule has 1 aromatic rings. The van der Waals surface area contributed by atoms with Crippen molar-refractivity contribution < 1.29 is 13.2 Å². The van der Waals surface area contributed by atoms with E-state index in [1.165, 1.54) is 0 Å². The molecule has 1 fully saturated rings. The number of aromatic nitrogens is 2. The van der Waals surface area contributed by atoms with Crippen LogP contribution in [0.1, 0.15) is 50.9 Å². The summed E-state index contributed by atoms with van der Waals surface area (Å²) in [6, 6.07) is 1.89. The van der Waals surface area contributed by atoms with Gasteiger partial charge in [0, 0.05) is 25.6 Å². The third-order valence-corrected chi connectivity index (χ3v) is 6.55. The molecule has 26 heavy (non-hydrogen) atoms. The zero-order chi connectivity index (χ0) is 18.7. The van der Waals surface area contributed by atoms with Crippen LogP contribution < -0.4 is 4.72 Å². The Bertz CT molecular complexity index is 736. The topological polar surface area (TPSA) is 87.5 Å². The second-order valence-electron chi connectivity index (χ2n) is 7.40. The summed E-state index contributed by atoms with van der Waals surface area (Å²) in [7, 11) is -3.47. The smallest absolute Gasteiger partial charge is 0.279 e. The van der Waals surface area contributed by atoms with Crippen LogP contribution >= 0.6 is 0 Å². The van der Waals surface area contributed by atoms with Crippen LogP contribution in [-0.2, 0) is 34.6 Å². The molecule has 3 heterocycles. The zero-order valence-electron chi connectivity index (χ0n) is 15.6. The molecule has 2 aliphatic heterocycles. The second-order valence-corrected chi connectivity index (χ2v) is 9.16. The van der Waals surface area contributed by atoms with E-state index in [9.17, 15) is 13.2 Å². The van der Waals surface area contributed by atoms with Gasteiger partial charge in [-0.15, -0.1) is 0 Å². The number of amides is 1. The highest BCUT2D eigenvalue weighted by molar-refractivity contribution is 7.87. The highest BCUT2D eigenvalue weighted by atomic mass is 32.2. The van der Waals surface area contributed by atoms with Gasteiger partial charge in [0.1, 0.15) is 0 Å². The van der Waals surface area contributed by atoms with Crippen LogP contribution in [0.3, 0.4) is 0 Å². The summed E-state index contributed by atoms with van der Waals surface area (Å²) in [5.74, 6) is 0.116. The van der Waals surface area contributed by atoms with E-state index in [2.05, 4.69) is 9.82 Å². The standard InChI is InChI=1S/C17H29N5O3S/c1-14(2)17(23)20-9-10-22-16(13-20)11-15(19-22)12-18-26(24,25)21-7-5-3-4-6-8-21/h11,14,18H,3-10,12-13H2,1-2H3. The summed E-state index contributed by atoms with van der Waals surface area (Å²) in [6.07, 6.45) is 4.01. The number of hydrogen-bond acceptors (Lipinski definition) is 4. The summed E-state index contributed by atoms with van der Waals surface area (Å²) >= 11 is 0. The average molecular weight is 384 g/mol. The number of fused-ring (bicyclic) bond motifs is 1. The molecule has 8 nitrogen and oxygen atoms in total. The van der Waals surface area contributed by atoms with Crippen molar-refractivity contribution in [2.75, 3.05) is 19.6 Å². The van der Waals surface area contributed by atoms with Crippen molar-refractivity contribution in [2.45, 2.75) is 59.2 Å². The van der Waals surface area contributed by atoms with Crippen molar-refractivity contribution in [2.24, 2.45) is 5.92 Å². The first kappa shape index (κ1) is 19.3. The molecule has 0 unspecified atom stereocenters. The van der Waals surface area contributed by atoms with Gasteiger partial charge in [0.2, 0.25) is 5.91 Å². The molecule has 0 atom stereocenters. The van der Waals surface area contributed by atoms with E-state index >= 15 is 0 Å². The quantitative estimate of drug-likeness (QED) is 0.825. The third kappa shape index (κ3) is 4.44. The maximum absolute atomic E-state index is 12.5. The first-order chi connectivity index (χ1) is 12.4. The molecule has 1 aromatic heterocycles. The number of rotatable bonds is 5. The molecule has 2 aliphatic rings. The van der Waals surface area contributed by atoms with Gasteiger partial charge >= 0.3 is 0 Å². The highest BCUT2D eigenvalue weighted by Crippen LogP contribution is 2.17. The van der Waals surface area contributed by atoms with Gasteiger partial charge in [-0.3, -0.25) is 9.48 Å². The maximum Gasteiger partial charge on any atom is 0.279 e. The maximum atomic E-state index is 12.5. The molecular weight excluding hydrogens is 354 g/mol. The van der Waals surface area contributed by atoms with E-state index in [4.69, 9.17) is 0 Å². The first-order valence-corrected chi connectivity index (χ1v) is 10.9. The molecule has 1 N–H and O–H groups in total. The summed E-state index contributed by atoms with van der Waals surface area (Å²) in [5.41, 5.74) is 1.64. The first-order valence-electron chi connectivity index (χ1n) is 9.46. The lowest BCUT2D eigenvalue weighted by Crippen LogP contribution is -2.41. The van der Waals surface area contributed by atoms with Gasteiger partial charge in [0.15, 0.2) is 0 Å². The van der Waals surface area contributed by atoms with Crippen LogP contribution in [0.2, 0.25) is 0 Å². The van der Waals surface area contributed by atoms with Gasteiger partial charge in [-0.25, -0.2) is 0 Å². The Kier molecular flexibility index (Phi) is 5.99. The lowest BCUT2D eigenvalue weighted by atomic mass is 10.1. The molecular formula is C17H29N5O3S. The molecule has 146 valence electrons. The van der Waals surface area contributed by atoms with Crippen molar-refractivity contribution in [3.63, 3.8) is 0 Å². The molecule has 3 rings (SSSR count). The summed E-state index contributed by atoms with van der Waals surface area (Å²) in [5, 5.41) is 4.49. The predicted molar refractivity (Wildman–Crippen MR) is 98.3 cm³/mol. The van der Waals surface area contributed by atoms with Crippen molar-refractivity contribution in [3.05, 3.63) is 17.5 Å².